The van der Waals surface area contributed by atoms with Crippen LogP contribution in [0.3, 0.4) is 0 Å². The van der Waals surface area contributed by atoms with Crippen molar-refractivity contribution in [2.24, 2.45) is 0 Å². The fourth-order valence-electron chi connectivity index (χ4n) is 1.00. The molecule has 0 radical (unpaired) electrons. The van der Waals surface area contributed by atoms with Crippen molar-refractivity contribution < 1.29 is 10.2 Å². The Morgan fingerprint density at radius 3 is 1.67 bits per heavy atom. The van der Waals surface area contributed by atoms with E-state index in [2.05, 4.69) is 0 Å². The van der Waals surface area contributed by atoms with Gasteiger partial charge in [-0.15, -0.1) is 0 Å². The highest BCUT2D eigenvalue weighted by molar-refractivity contribution is 4.60. The van der Waals surface area contributed by atoms with Gasteiger partial charge in [-0.25, -0.2) is 0 Å². The highest BCUT2D eigenvalue weighted by Crippen LogP contribution is 2.00. The number of nitrogens with zero attached hydrogens (tertiary/aromatic N) is 2. The van der Waals surface area contributed by atoms with E-state index in [-0.39, 0.29) is 0 Å². The second kappa shape index (κ2) is 5.48. The standard InChI is InChI=1S/C8H20N2O2/c1-7(11)10(8(2)12)6-5-9(3)4/h7-8,11-12H,5-6H2,1-4H3. The molecule has 0 heterocycles. The molecule has 12 heavy (non-hydrogen) atoms. The molecule has 0 aromatic carbocycles. The Bertz CT molecular complexity index is 108. The molecule has 0 aromatic rings. The van der Waals surface area contributed by atoms with Crippen LogP contribution in [0.1, 0.15) is 13.8 Å². The van der Waals surface area contributed by atoms with Crippen molar-refractivity contribution in [2.75, 3.05) is 27.2 Å². The van der Waals surface area contributed by atoms with Gasteiger partial charge in [0.25, 0.3) is 0 Å². The van der Waals surface area contributed by atoms with Gasteiger partial charge in [0, 0.05) is 13.1 Å². The molecule has 0 aromatic heterocycles. The molecule has 0 aliphatic rings. The summed E-state index contributed by atoms with van der Waals surface area (Å²) in [5, 5.41) is 18.5. The molecule has 0 spiro atoms. The predicted octanol–water partition coefficient (Wildman–Crippen LogP) is -0.473. The highest BCUT2D eigenvalue weighted by atomic mass is 16.3. The number of aliphatic hydroxyl groups excluding tert-OH is 2. The topological polar surface area (TPSA) is 46.9 Å². The third-order valence-corrected chi connectivity index (χ3v) is 1.77. The molecule has 2 unspecified atom stereocenters. The monoisotopic (exact) mass is 176 g/mol. The van der Waals surface area contributed by atoms with E-state index < -0.39 is 12.5 Å². The highest BCUT2D eigenvalue weighted by Gasteiger charge is 2.15. The summed E-state index contributed by atoms with van der Waals surface area (Å²) < 4.78 is 0. The Hall–Kier alpha value is -0.160. The third-order valence-electron chi connectivity index (χ3n) is 1.77. The van der Waals surface area contributed by atoms with E-state index in [4.69, 9.17) is 0 Å². The van der Waals surface area contributed by atoms with Gasteiger partial charge in [-0.1, -0.05) is 0 Å². The van der Waals surface area contributed by atoms with Crippen molar-refractivity contribution in [2.45, 2.75) is 26.3 Å². The van der Waals surface area contributed by atoms with Gasteiger partial charge in [0.05, 0.1) is 0 Å². The van der Waals surface area contributed by atoms with Gasteiger partial charge in [-0.3, -0.25) is 4.90 Å². The molecule has 0 rings (SSSR count). The minimum atomic E-state index is -0.593. The summed E-state index contributed by atoms with van der Waals surface area (Å²) in [6.07, 6.45) is -1.19. The number of rotatable bonds is 5. The Morgan fingerprint density at radius 2 is 1.42 bits per heavy atom. The zero-order valence-corrected chi connectivity index (χ0v) is 8.36. The van der Waals surface area contributed by atoms with E-state index in [0.29, 0.717) is 6.54 Å². The van der Waals surface area contributed by atoms with Crippen LogP contribution in [0.25, 0.3) is 0 Å². The van der Waals surface area contributed by atoms with Crippen LogP contribution < -0.4 is 0 Å². The van der Waals surface area contributed by atoms with Gasteiger partial charge in [0.1, 0.15) is 12.5 Å². The average Bonchev–Trinajstić information content (AvgIpc) is 1.84. The summed E-state index contributed by atoms with van der Waals surface area (Å²) >= 11 is 0. The van der Waals surface area contributed by atoms with E-state index in [0.717, 1.165) is 6.54 Å². The van der Waals surface area contributed by atoms with Crippen molar-refractivity contribution in [3.8, 4) is 0 Å². The minimum Gasteiger partial charge on any atom is -0.379 e. The summed E-state index contributed by atoms with van der Waals surface area (Å²) in [5.41, 5.74) is 0. The zero-order chi connectivity index (χ0) is 9.72. The van der Waals surface area contributed by atoms with Gasteiger partial charge in [0.15, 0.2) is 0 Å². The van der Waals surface area contributed by atoms with E-state index in [1.54, 1.807) is 18.7 Å². The lowest BCUT2D eigenvalue weighted by atomic mass is 10.4. The largest absolute Gasteiger partial charge is 0.379 e. The summed E-state index contributed by atoms with van der Waals surface area (Å²) in [5.74, 6) is 0. The van der Waals surface area contributed by atoms with E-state index in [1.165, 1.54) is 0 Å². The zero-order valence-electron chi connectivity index (χ0n) is 8.36. The second-order valence-electron chi connectivity index (χ2n) is 3.30. The maximum absolute atomic E-state index is 9.24. The minimum absolute atomic E-state index is 0.593. The molecule has 2 N–H and O–H groups in total. The lowest BCUT2D eigenvalue weighted by molar-refractivity contribution is -0.0855. The Balaban J connectivity index is 3.80. The van der Waals surface area contributed by atoms with Crippen molar-refractivity contribution >= 4 is 0 Å². The summed E-state index contributed by atoms with van der Waals surface area (Å²) in [4.78, 5) is 3.64. The van der Waals surface area contributed by atoms with Gasteiger partial charge >= 0.3 is 0 Å². The molecule has 0 saturated carbocycles. The van der Waals surface area contributed by atoms with Gasteiger partial charge < -0.3 is 15.1 Å². The predicted molar refractivity (Wildman–Crippen MR) is 48.6 cm³/mol. The molecule has 2 atom stereocenters. The Labute approximate surface area is 74.4 Å². The lowest BCUT2D eigenvalue weighted by Crippen LogP contribution is -2.43. The van der Waals surface area contributed by atoms with Crippen molar-refractivity contribution in [3.05, 3.63) is 0 Å². The first-order valence-electron chi connectivity index (χ1n) is 4.21. The molecule has 0 bridgehead atoms. The van der Waals surface area contributed by atoms with Crippen LogP contribution in [0.5, 0.6) is 0 Å². The quantitative estimate of drug-likeness (QED) is 0.556. The van der Waals surface area contributed by atoms with Crippen LogP contribution in [-0.2, 0) is 0 Å². The number of likely N-dealkylation sites (N-methyl/N-ethyl adjacent to an activating group) is 1. The fourth-order valence-corrected chi connectivity index (χ4v) is 1.00. The van der Waals surface area contributed by atoms with E-state index in [9.17, 15) is 10.2 Å². The number of hydrogen-bond acceptors (Lipinski definition) is 4. The third kappa shape index (κ3) is 4.66. The SMILES string of the molecule is CC(O)N(CCN(C)C)C(C)O. The molecule has 0 aliphatic carbocycles. The second-order valence-corrected chi connectivity index (χ2v) is 3.30. The maximum Gasteiger partial charge on any atom is 0.106 e. The van der Waals surface area contributed by atoms with Crippen LogP contribution in [0, 0.1) is 0 Å². The molecular weight excluding hydrogens is 156 g/mol. The van der Waals surface area contributed by atoms with Crippen LogP contribution in [0.2, 0.25) is 0 Å². The van der Waals surface area contributed by atoms with E-state index in [1.807, 2.05) is 19.0 Å². The molecule has 0 saturated heterocycles. The number of aliphatic hydroxyl groups is 2. The Kier molecular flexibility index (Phi) is 5.41. The van der Waals surface area contributed by atoms with Gasteiger partial charge in [-0.05, 0) is 27.9 Å². The average molecular weight is 176 g/mol. The first-order chi connectivity index (χ1) is 5.45. The van der Waals surface area contributed by atoms with Gasteiger partial charge in [0.2, 0.25) is 0 Å². The molecule has 4 nitrogen and oxygen atoms in total. The van der Waals surface area contributed by atoms with Crippen LogP contribution in [-0.4, -0.2) is 59.7 Å². The smallest absolute Gasteiger partial charge is 0.106 e. The first-order valence-corrected chi connectivity index (χ1v) is 4.21. The van der Waals surface area contributed by atoms with Crippen LogP contribution in [0.4, 0.5) is 0 Å². The number of hydrogen-bond donors (Lipinski definition) is 2. The Morgan fingerprint density at radius 1 is 1.00 bits per heavy atom. The first kappa shape index (κ1) is 11.8. The molecule has 4 heteroatoms. The maximum atomic E-state index is 9.24. The molecular formula is C8H20N2O2. The molecule has 0 amide bonds. The fraction of sp³-hybridized carbons (Fsp3) is 1.00. The summed E-state index contributed by atoms with van der Waals surface area (Å²) in [6, 6.07) is 0. The molecule has 0 aliphatic heterocycles. The van der Waals surface area contributed by atoms with Crippen LogP contribution >= 0.6 is 0 Å². The van der Waals surface area contributed by atoms with Crippen molar-refractivity contribution in [3.63, 3.8) is 0 Å². The summed E-state index contributed by atoms with van der Waals surface area (Å²) in [6.45, 7) is 4.81. The van der Waals surface area contributed by atoms with Crippen LogP contribution in [0.15, 0.2) is 0 Å². The van der Waals surface area contributed by atoms with E-state index >= 15 is 0 Å². The van der Waals surface area contributed by atoms with Gasteiger partial charge in [-0.2, -0.15) is 0 Å². The lowest BCUT2D eigenvalue weighted by Gasteiger charge is -2.29. The summed E-state index contributed by atoms with van der Waals surface area (Å²) in [7, 11) is 3.92. The van der Waals surface area contributed by atoms with Crippen molar-refractivity contribution in [1.29, 1.82) is 0 Å². The molecule has 0 fully saturated rings. The normalized spacial score (nSPS) is 17.0. The van der Waals surface area contributed by atoms with Crippen molar-refractivity contribution in [1.82, 2.24) is 9.80 Å². The molecule has 74 valence electrons.